The van der Waals surface area contributed by atoms with Crippen LogP contribution in [0.3, 0.4) is 0 Å². The van der Waals surface area contributed by atoms with Gasteiger partial charge in [0.15, 0.2) is 0 Å². The molecule has 1 amide bonds. The molecule has 1 N–H and O–H groups in total. The van der Waals surface area contributed by atoms with Gasteiger partial charge in [-0.15, -0.1) is 23.7 Å². The van der Waals surface area contributed by atoms with Gasteiger partial charge in [0.25, 0.3) is 5.91 Å². The fraction of sp³-hybridized carbons (Fsp3) is 0.429. The summed E-state index contributed by atoms with van der Waals surface area (Å²) in [6.45, 7) is 6.58. The maximum Gasteiger partial charge on any atom is 0.341 e. The Morgan fingerprint density at radius 3 is 2.41 bits per heavy atom. The molecule has 1 aromatic carbocycles. The van der Waals surface area contributed by atoms with Crippen LogP contribution >= 0.6 is 23.7 Å². The number of halogens is 1. The van der Waals surface area contributed by atoms with Crippen molar-refractivity contribution in [2.75, 3.05) is 39.1 Å². The zero-order valence-corrected chi connectivity index (χ0v) is 21.0. The van der Waals surface area contributed by atoms with E-state index in [1.807, 2.05) is 0 Å². The summed E-state index contributed by atoms with van der Waals surface area (Å²) in [4.78, 5) is 28.9. The van der Waals surface area contributed by atoms with E-state index in [2.05, 4.69) is 17.1 Å². The highest BCUT2D eigenvalue weighted by Crippen LogP contribution is 2.38. The van der Waals surface area contributed by atoms with Crippen LogP contribution in [0.15, 0.2) is 29.2 Å². The second kappa shape index (κ2) is 10.8. The minimum absolute atomic E-state index is 0. The molecule has 2 aromatic rings. The van der Waals surface area contributed by atoms with E-state index in [1.165, 1.54) is 49.7 Å². The van der Waals surface area contributed by atoms with Crippen LogP contribution in [0.25, 0.3) is 0 Å². The Morgan fingerprint density at radius 2 is 1.84 bits per heavy atom. The topological polar surface area (TPSA) is 96.0 Å². The molecule has 1 aromatic heterocycles. The smallest absolute Gasteiger partial charge is 0.341 e. The zero-order chi connectivity index (χ0) is 22.8. The molecule has 3 rings (SSSR count). The van der Waals surface area contributed by atoms with Crippen LogP contribution in [0.2, 0.25) is 0 Å². The van der Waals surface area contributed by atoms with Crippen molar-refractivity contribution in [2.45, 2.75) is 31.7 Å². The minimum atomic E-state index is -3.57. The molecule has 0 unspecified atom stereocenters. The number of fused-ring (bicyclic) bond motifs is 1. The summed E-state index contributed by atoms with van der Waals surface area (Å²) in [5.74, 6) is -0.849. The molecule has 0 bridgehead atoms. The molecule has 0 radical (unpaired) electrons. The summed E-state index contributed by atoms with van der Waals surface area (Å²) in [6, 6.07) is 5.72. The number of nitrogens with one attached hydrogen (secondary N) is 1. The summed E-state index contributed by atoms with van der Waals surface area (Å²) in [5, 5.41) is 3.31. The van der Waals surface area contributed by atoms with Crippen LogP contribution in [0, 0.1) is 0 Å². The molecule has 0 saturated carbocycles. The third-order valence-electron chi connectivity index (χ3n) is 5.18. The van der Waals surface area contributed by atoms with Crippen molar-refractivity contribution in [3.05, 3.63) is 45.8 Å². The predicted molar refractivity (Wildman–Crippen MR) is 127 cm³/mol. The monoisotopic (exact) mass is 501 g/mol. The summed E-state index contributed by atoms with van der Waals surface area (Å²) in [7, 11) is -0.676. The Labute approximate surface area is 199 Å². The number of thiophene rings is 1. The van der Waals surface area contributed by atoms with E-state index in [9.17, 15) is 18.0 Å². The first-order valence-electron chi connectivity index (χ1n) is 10.1. The third-order valence-corrected chi connectivity index (χ3v) is 8.15. The van der Waals surface area contributed by atoms with Gasteiger partial charge in [-0.3, -0.25) is 9.69 Å². The van der Waals surface area contributed by atoms with Crippen molar-refractivity contribution < 1.29 is 22.7 Å². The van der Waals surface area contributed by atoms with Crippen molar-refractivity contribution >= 4 is 50.6 Å². The van der Waals surface area contributed by atoms with Crippen molar-refractivity contribution in [3.8, 4) is 0 Å². The summed E-state index contributed by atoms with van der Waals surface area (Å²) in [6.07, 6.45) is 0.723. The van der Waals surface area contributed by atoms with Crippen LogP contribution in [0.4, 0.5) is 5.00 Å². The number of nitrogens with zero attached hydrogens (tertiary/aromatic N) is 2. The summed E-state index contributed by atoms with van der Waals surface area (Å²) < 4.78 is 30.8. The third kappa shape index (κ3) is 5.32. The number of esters is 1. The van der Waals surface area contributed by atoms with Gasteiger partial charge in [-0.05, 0) is 49.7 Å². The number of carbonyl (C=O) groups excluding carboxylic acids is 2. The lowest BCUT2D eigenvalue weighted by Gasteiger charge is -2.25. The number of hydrogen-bond acceptors (Lipinski definition) is 7. The molecule has 0 spiro atoms. The highest BCUT2D eigenvalue weighted by Gasteiger charge is 2.29. The van der Waals surface area contributed by atoms with Crippen LogP contribution in [-0.4, -0.2) is 63.3 Å². The molecule has 176 valence electrons. The van der Waals surface area contributed by atoms with E-state index in [0.29, 0.717) is 16.1 Å². The maximum absolute atomic E-state index is 12.8. The number of ether oxygens (including phenoxy) is 1. The van der Waals surface area contributed by atoms with Gasteiger partial charge < -0.3 is 10.1 Å². The lowest BCUT2D eigenvalue weighted by Crippen LogP contribution is -2.30. The van der Waals surface area contributed by atoms with Crippen LogP contribution in [0.5, 0.6) is 0 Å². The van der Waals surface area contributed by atoms with Gasteiger partial charge in [0.1, 0.15) is 5.00 Å². The van der Waals surface area contributed by atoms with E-state index in [1.54, 1.807) is 6.92 Å². The second-order valence-electron chi connectivity index (χ2n) is 7.31. The molecule has 0 atom stereocenters. The first-order chi connectivity index (χ1) is 14.7. The van der Waals surface area contributed by atoms with E-state index in [-0.39, 0.29) is 23.9 Å². The number of carbonyl (C=O) groups is 2. The van der Waals surface area contributed by atoms with E-state index >= 15 is 0 Å². The van der Waals surface area contributed by atoms with Crippen LogP contribution in [0.1, 0.15) is 45.0 Å². The van der Waals surface area contributed by atoms with Crippen molar-refractivity contribution in [1.29, 1.82) is 0 Å². The SMILES string of the molecule is CCOC(=O)c1c(NC(=O)c2ccc(S(=O)(=O)N(C)C)cc2)sc2c1CCN(CC)C2.Cl. The summed E-state index contributed by atoms with van der Waals surface area (Å²) >= 11 is 1.39. The molecule has 1 aliphatic rings. The van der Waals surface area contributed by atoms with Crippen LogP contribution < -0.4 is 5.32 Å². The van der Waals surface area contributed by atoms with Gasteiger partial charge in [-0.1, -0.05) is 6.92 Å². The molecule has 2 heterocycles. The van der Waals surface area contributed by atoms with Gasteiger partial charge >= 0.3 is 5.97 Å². The number of likely N-dealkylation sites (N-methyl/N-ethyl adjacent to an activating group) is 1. The lowest BCUT2D eigenvalue weighted by atomic mass is 10.0. The first-order valence-corrected chi connectivity index (χ1v) is 12.3. The van der Waals surface area contributed by atoms with Crippen molar-refractivity contribution in [1.82, 2.24) is 9.21 Å². The number of anilines is 1. The Kier molecular flexibility index (Phi) is 8.83. The largest absolute Gasteiger partial charge is 0.462 e. The highest BCUT2D eigenvalue weighted by molar-refractivity contribution is 7.89. The highest BCUT2D eigenvalue weighted by atomic mass is 35.5. The molecule has 32 heavy (non-hydrogen) atoms. The van der Waals surface area contributed by atoms with E-state index in [0.717, 1.165) is 40.8 Å². The Balaban J connectivity index is 0.00000363. The molecule has 0 aliphatic carbocycles. The quantitative estimate of drug-likeness (QED) is 0.585. The molecule has 8 nitrogen and oxygen atoms in total. The normalized spacial score (nSPS) is 13.9. The number of sulfonamides is 1. The lowest BCUT2D eigenvalue weighted by molar-refractivity contribution is 0.0526. The van der Waals surface area contributed by atoms with Crippen LogP contribution in [-0.2, 0) is 27.7 Å². The van der Waals surface area contributed by atoms with Crippen molar-refractivity contribution in [3.63, 3.8) is 0 Å². The molecule has 0 saturated heterocycles. The number of hydrogen-bond donors (Lipinski definition) is 1. The average molecular weight is 502 g/mol. The molecular formula is C21H28ClN3O5S2. The molecule has 11 heteroatoms. The number of amides is 1. The fourth-order valence-electron chi connectivity index (χ4n) is 3.40. The van der Waals surface area contributed by atoms with Gasteiger partial charge in [0, 0.05) is 37.6 Å². The van der Waals surface area contributed by atoms with Gasteiger partial charge in [-0.2, -0.15) is 0 Å². The van der Waals surface area contributed by atoms with E-state index in [4.69, 9.17) is 4.74 Å². The minimum Gasteiger partial charge on any atom is -0.462 e. The number of benzene rings is 1. The zero-order valence-electron chi connectivity index (χ0n) is 18.5. The molecular weight excluding hydrogens is 474 g/mol. The standard InChI is InChI=1S/C21H27N3O5S2.ClH/c1-5-24-12-11-16-17(13-24)30-20(18(16)21(26)29-6-2)22-19(25)14-7-9-15(10-8-14)31(27,28)23(3)4;/h7-10H,5-6,11-13H2,1-4H3,(H,22,25);1H. The van der Waals surface area contributed by atoms with Gasteiger partial charge in [0.2, 0.25) is 10.0 Å². The Hall–Kier alpha value is -1.98. The fourth-order valence-corrected chi connectivity index (χ4v) is 5.57. The molecule has 0 fully saturated rings. The molecule has 1 aliphatic heterocycles. The Bertz CT molecular complexity index is 1080. The van der Waals surface area contributed by atoms with Gasteiger partial charge in [-0.25, -0.2) is 17.5 Å². The Morgan fingerprint density at radius 1 is 1.19 bits per heavy atom. The second-order valence-corrected chi connectivity index (χ2v) is 10.6. The number of rotatable bonds is 7. The van der Waals surface area contributed by atoms with E-state index < -0.39 is 21.9 Å². The predicted octanol–water partition coefficient (Wildman–Crippen LogP) is 3.23. The van der Waals surface area contributed by atoms with Gasteiger partial charge in [0.05, 0.1) is 17.1 Å². The average Bonchev–Trinajstić information content (AvgIpc) is 3.10. The first kappa shape index (κ1) is 26.3. The maximum atomic E-state index is 12.8. The van der Waals surface area contributed by atoms with Crippen molar-refractivity contribution in [2.24, 2.45) is 0 Å². The summed E-state index contributed by atoms with van der Waals surface area (Å²) in [5.41, 5.74) is 1.67.